The molecule has 0 saturated heterocycles. The molecular weight excluding hydrogens is 270 g/mol. The second-order valence-electron chi connectivity index (χ2n) is 4.45. The summed E-state index contributed by atoms with van der Waals surface area (Å²) in [7, 11) is 5.03. The minimum absolute atomic E-state index is 0.0257. The molecule has 1 aromatic rings. The van der Waals surface area contributed by atoms with Crippen molar-refractivity contribution in [2.24, 2.45) is 4.99 Å². The standard InChI is InChI=1S/C15H25N3O3/c1-12(11-18-15(16-2)17-9-10-19-3)21-14-8-6-5-7-13(14)20-4/h5-8,12H,9-11H2,1-4H3,(H2,16,17,18). The molecule has 0 saturated carbocycles. The molecule has 2 N–H and O–H groups in total. The van der Waals surface area contributed by atoms with Gasteiger partial charge in [0.25, 0.3) is 0 Å². The van der Waals surface area contributed by atoms with Crippen LogP contribution in [0.1, 0.15) is 6.92 Å². The Morgan fingerprint density at radius 2 is 1.90 bits per heavy atom. The number of hydrogen-bond acceptors (Lipinski definition) is 4. The smallest absolute Gasteiger partial charge is 0.191 e. The molecule has 0 heterocycles. The summed E-state index contributed by atoms with van der Waals surface area (Å²) >= 11 is 0. The maximum atomic E-state index is 5.86. The van der Waals surface area contributed by atoms with E-state index in [1.165, 1.54) is 0 Å². The molecule has 0 aliphatic rings. The van der Waals surface area contributed by atoms with Crippen LogP contribution in [0.2, 0.25) is 0 Å². The van der Waals surface area contributed by atoms with Crippen LogP contribution in [-0.2, 0) is 4.74 Å². The highest BCUT2D eigenvalue weighted by atomic mass is 16.5. The van der Waals surface area contributed by atoms with Gasteiger partial charge in [-0.1, -0.05) is 12.1 Å². The number of benzene rings is 1. The Labute approximate surface area is 126 Å². The van der Waals surface area contributed by atoms with Crippen LogP contribution in [0.4, 0.5) is 0 Å². The Bertz CT molecular complexity index is 438. The monoisotopic (exact) mass is 295 g/mol. The van der Waals surface area contributed by atoms with Gasteiger partial charge >= 0.3 is 0 Å². The van der Waals surface area contributed by atoms with E-state index in [1.54, 1.807) is 21.3 Å². The third kappa shape index (κ3) is 6.35. The molecule has 0 aliphatic heterocycles. The van der Waals surface area contributed by atoms with Crippen LogP contribution in [0.3, 0.4) is 0 Å². The summed E-state index contributed by atoms with van der Waals surface area (Å²) in [6, 6.07) is 7.60. The van der Waals surface area contributed by atoms with Crippen molar-refractivity contribution in [3.05, 3.63) is 24.3 Å². The van der Waals surface area contributed by atoms with Gasteiger partial charge in [-0.15, -0.1) is 0 Å². The Morgan fingerprint density at radius 1 is 1.19 bits per heavy atom. The summed E-state index contributed by atoms with van der Waals surface area (Å²) in [6.45, 7) is 3.96. The quantitative estimate of drug-likeness (QED) is 0.430. The Kier molecular flexibility index (Phi) is 8.04. The fourth-order valence-corrected chi connectivity index (χ4v) is 1.71. The summed E-state index contributed by atoms with van der Waals surface area (Å²) < 4.78 is 16.1. The topological polar surface area (TPSA) is 64.1 Å². The predicted octanol–water partition coefficient (Wildman–Crippen LogP) is 1.27. The molecule has 0 fully saturated rings. The average molecular weight is 295 g/mol. The number of nitrogens with zero attached hydrogens (tertiary/aromatic N) is 1. The molecule has 1 aromatic carbocycles. The molecule has 0 aliphatic carbocycles. The molecule has 6 nitrogen and oxygen atoms in total. The van der Waals surface area contributed by atoms with Gasteiger partial charge in [0, 0.05) is 20.7 Å². The molecule has 21 heavy (non-hydrogen) atoms. The van der Waals surface area contributed by atoms with E-state index in [0.29, 0.717) is 19.7 Å². The number of methoxy groups -OCH3 is 2. The van der Waals surface area contributed by atoms with Crippen LogP contribution in [0.15, 0.2) is 29.3 Å². The average Bonchev–Trinajstić information content (AvgIpc) is 2.51. The molecule has 0 spiro atoms. The van der Waals surface area contributed by atoms with Crippen molar-refractivity contribution in [1.82, 2.24) is 10.6 Å². The molecule has 0 bridgehead atoms. The highest BCUT2D eigenvalue weighted by molar-refractivity contribution is 5.79. The lowest BCUT2D eigenvalue weighted by atomic mass is 10.3. The van der Waals surface area contributed by atoms with E-state index in [2.05, 4.69) is 15.6 Å². The second kappa shape index (κ2) is 9.88. The van der Waals surface area contributed by atoms with Crippen molar-refractivity contribution in [1.29, 1.82) is 0 Å². The lowest BCUT2D eigenvalue weighted by molar-refractivity contribution is 0.202. The van der Waals surface area contributed by atoms with Crippen molar-refractivity contribution < 1.29 is 14.2 Å². The number of aliphatic imine (C=N–C) groups is 1. The fourth-order valence-electron chi connectivity index (χ4n) is 1.71. The van der Waals surface area contributed by atoms with Crippen LogP contribution in [0, 0.1) is 0 Å². The van der Waals surface area contributed by atoms with Crippen LogP contribution < -0.4 is 20.1 Å². The summed E-state index contributed by atoms with van der Waals surface area (Å²) in [5, 5.41) is 6.35. The summed E-state index contributed by atoms with van der Waals surface area (Å²) in [6.07, 6.45) is -0.0257. The van der Waals surface area contributed by atoms with Gasteiger partial charge < -0.3 is 24.8 Å². The van der Waals surface area contributed by atoms with E-state index in [4.69, 9.17) is 14.2 Å². The summed E-state index contributed by atoms with van der Waals surface area (Å²) in [5.41, 5.74) is 0. The van der Waals surface area contributed by atoms with Crippen LogP contribution >= 0.6 is 0 Å². The highest BCUT2D eigenvalue weighted by Crippen LogP contribution is 2.26. The van der Waals surface area contributed by atoms with E-state index in [0.717, 1.165) is 17.5 Å². The summed E-state index contributed by atoms with van der Waals surface area (Å²) in [4.78, 5) is 4.13. The molecule has 0 aromatic heterocycles. The van der Waals surface area contributed by atoms with Crippen LogP contribution in [0.25, 0.3) is 0 Å². The molecular formula is C15H25N3O3. The first-order chi connectivity index (χ1) is 10.2. The minimum Gasteiger partial charge on any atom is -0.493 e. The van der Waals surface area contributed by atoms with Crippen LogP contribution in [-0.4, -0.2) is 53.0 Å². The third-order valence-electron chi connectivity index (χ3n) is 2.78. The number of para-hydroxylation sites is 2. The fraction of sp³-hybridized carbons (Fsp3) is 0.533. The van der Waals surface area contributed by atoms with Crippen molar-refractivity contribution in [2.75, 3.05) is 41.0 Å². The van der Waals surface area contributed by atoms with E-state index in [-0.39, 0.29) is 6.10 Å². The number of nitrogens with one attached hydrogen (secondary N) is 2. The first kappa shape index (κ1) is 17.1. The zero-order valence-corrected chi connectivity index (χ0v) is 13.2. The first-order valence-electron chi connectivity index (χ1n) is 6.94. The van der Waals surface area contributed by atoms with Crippen molar-refractivity contribution >= 4 is 5.96 Å². The first-order valence-corrected chi connectivity index (χ1v) is 6.94. The Hall–Kier alpha value is -1.95. The van der Waals surface area contributed by atoms with Crippen molar-refractivity contribution in [3.63, 3.8) is 0 Å². The second-order valence-corrected chi connectivity index (χ2v) is 4.45. The molecule has 0 amide bonds. The van der Waals surface area contributed by atoms with E-state index >= 15 is 0 Å². The van der Waals surface area contributed by atoms with Crippen molar-refractivity contribution in [3.8, 4) is 11.5 Å². The highest BCUT2D eigenvalue weighted by Gasteiger charge is 2.09. The van der Waals surface area contributed by atoms with Gasteiger partial charge in [0.2, 0.25) is 0 Å². The van der Waals surface area contributed by atoms with Gasteiger partial charge in [0.15, 0.2) is 17.5 Å². The maximum absolute atomic E-state index is 5.86. The Balaban J connectivity index is 2.40. The molecule has 118 valence electrons. The predicted molar refractivity (Wildman–Crippen MR) is 84.3 cm³/mol. The number of rotatable bonds is 8. The molecule has 1 rings (SSSR count). The summed E-state index contributed by atoms with van der Waals surface area (Å²) in [5.74, 6) is 2.19. The maximum Gasteiger partial charge on any atom is 0.191 e. The lowest BCUT2D eigenvalue weighted by Crippen LogP contribution is -2.42. The van der Waals surface area contributed by atoms with E-state index < -0.39 is 0 Å². The van der Waals surface area contributed by atoms with Gasteiger partial charge in [0.1, 0.15) is 6.10 Å². The van der Waals surface area contributed by atoms with Gasteiger partial charge in [-0.3, -0.25) is 4.99 Å². The minimum atomic E-state index is -0.0257. The van der Waals surface area contributed by atoms with Gasteiger partial charge in [-0.25, -0.2) is 0 Å². The lowest BCUT2D eigenvalue weighted by Gasteiger charge is -2.19. The van der Waals surface area contributed by atoms with Gasteiger partial charge in [-0.05, 0) is 19.1 Å². The van der Waals surface area contributed by atoms with Gasteiger partial charge in [-0.2, -0.15) is 0 Å². The number of hydrogen-bond donors (Lipinski definition) is 2. The number of ether oxygens (including phenoxy) is 3. The Morgan fingerprint density at radius 3 is 2.52 bits per heavy atom. The van der Waals surface area contributed by atoms with E-state index in [9.17, 15) is 0 Å². The van der Waals surface area contributed by atoms with Crippen LogP contribution in [0.5, 0.6) is 11.5 Å². The molecule has 0 radical (unpaired) electrons. The SMILES string of the molecule is CN=C(NCCOC)NCC(C)Oc1ccccc1OC. The zero-order chi connectivity index (χ0) is 15.5. The molecule has 1 atom stereocenters. The zero-order valence-electron chi connectivity index (χ0n) is 13.2. The number of guanidine groups is 1. The van der Waals surface area contributed by atoms with E-state index in [1.807, 2.05) is 31.2 Å². The van der Waals surface area contributed by atoms with Gasteiger partial charge in [0.05, 0.1) is 20.3 Å². The normalized spacial score (nSPS) is 12.7. The largest absolute Gasteiger partial charge is 0.493 e. The van der Waals surface area contributed by atoms with Crippen molar-refractivity contribution in [2.45, 2.75) is 13.0 Å². The third-order valence-corrected chi connectivity index (χ3v) is 2.78. The molecule has 1 unspecified atom stereocenters. The molecule has 6 heteroatoms.